The Morgan fingerprint density at radius 2 is 1.94 bits per heavy atom. The van der Waals surface area contributed by atoms with Gasteiger partial charge in [-0.3, -0.25) is 9.78 Å². The van der Waals surface area contributed by atoms with E-state index in [0.29, 0.717) is 28.5 Å². The van der Waals surface area contributed by atoms with Crippen molar-refractivity contribution in [3.05, 3.63) is 45.1 Å². The number of aliphatic hydroxyl groups is 1. The number of alkyl halides is 3. The maximum Gasteiger partial charge on any atom is 0.416 e. The lowest BCUT2D eigenvalue weighted by Crippen LogP contribution is -2.26. The number of benzene rings is 1. The molecule has 1 aromatic carbocycles. The second-order valence-corrected chi connectivity index (χ2v) is 9.84. The number of nitrogens with zero attached hydrogens (tertiary/aromatic N) is 2. The summed E-state index contributed by atoms with van der Waals surface area (Å²) in [6.45, 7) is 5.58. The van der Waals surface area contributed by atoms with E-state index in [2.05, 4.69) is 20.3 Å². The lowest BCUT2D eigenvalue weighted by atomic mass is 10.0. The molecule has 0 saturated heterocycles. The minimum atomic E-state index is -4.47. The highest BCUT2D eigenvalue weighted by Gasteiger charge is 2.34. The third kappa shape index (κ3) is 5.78. The summed E-state index contributed by atoms with van der Waals surface area (Å²) in [6, 6.07) is 5.13. The highest BCUT2D eigenvalue weighted by molar-refractivity contribution is 7.99. The fraction of sp³-hybridized carbons (Fsp3) is 0.450. The summed E-state index contributed by atoms with van der Waals surface area (Å²) < 4.78 is 40.7. The van der Waals surface area contributed by atoms with Gasteiger partial charge in [0.15, 0.2) is 16.6 Å². The Morgan fingerprint density at radius 1 is 1.23 bits per heavy atom. The molecule has 168 valence electrons. The number of hydrogen-bond donors (Lipinski definition) is 3. The SMILES string of the molecule is CC(C)C[C@H](CO)Nc1nc(SC(C)c2ccccc2C(F)(F)F)nc2[nH]c(=O)sc12. The zero-order chi connectivity index (χ0) is 22.8. The van der Waals surface area contributed by atoms with E-state index in [-0.39, 0.29) is 28.2 Å². The average Bonchev–Trinajstić information content (AvgIpc) is 3.06. The quantitative estimate of drug-likeness (QED) is 0.313. The molecule has 11 heteroatoms. The molecule has 31 heavy (non-hydrogen) atoms. The molecule has 0 spiro atoms. The van der Waals surface area contributed by atoms with Crippen molar-refractivity contribution in [1.82, 2.24) is 15.0 Å². The summed E-state index contributed by atoms with van der Waals surface area (Å²) in [7, 11) is 0. The molecule has 0 fully saturated rings. The average molecular weight is 473 g/mol. The number of thiazole rings is 1. The summed E-state index contributed by atoms with van der Waals surface area (Å²) in [6.07, 6.45) is -3.79. The van der Waals surface area contributed by atoms with E-state index in [9.17, 15) is 23.1 Å². The van der Waals surface area contributed by atoms with E-state index in [1.807, 2.05) is 13.8 Å². The number of aromatic amines is 1. The summed E-state index contributed by atoms with van der Waals surface area (Å²) in [5.41, 5.74) is -0.256. The molecule has 2 atom stereocenters. The van der Waals surface area contributed by atoms with Gasteiger partial charge in [-0.25, -0.2) is 9.97 Å². The first kappa shape index (κ1) is 23.6. The summed E-state index contributed by atoms with van der Waals surface area (Å²) in [5.74, 6) is 0.701. The van der Waals surface area contributed by atoms with Crippen molar-refractivity contribution in [3.8, 4) is 0 Å². The molecule has 0 aliphatic heterocycles. The zero-order valence-corrected chi connectivity index (χ0v) is 18.8. The van der Waals surface area contributed by atoms with Gasteiger partial charge < -0.3 is 10.4 Å². The molecule has 3 aromatic rings. The number of thioether (sulfide) groups is 1. The highest BCUT2D eigenvalue weighted by atomic mass is 32.2. The van der Waals surface area contributed by atoms with E-state index in [1.165, 1.54) is 12.1 Å². The van der Waals surface area contributed by atoms with Crippen LogP contribution in [0.1, 0.15) is 43.6 Å². The van der Waals surface area contributed by atoms with E-state index < -0.39 is 17.0 Å². The van der Waals surface area contributed by atoms with Gasteiger partial charge in [0.25, 0.3) is 0 Å². The second kappa shape index (κ2) is 9.58. The van der Waals surface area contributed by atoms with E-state index in [1.54, 1.807) is 13.0 Å². The highest BCUT2D eigenvalue weighted by Crippen LogP contribution is 2.41. The number of H-pyrrole nitrogens is 1. The number of halogens is 3. The molecule has 0 aliphatic rings. The number of hydrogen-bond acceptors (Lipinski definition) is 7. The predicted octanol–water partition coefficient (Wildman–Crippen LogP) is 5.07. The first-order valence-corrected chi connectivity index (χ1v) is 11.4. The zero-order valence-electron chi connectivity index (χ0n) is 17.2. The first-order valence-electron chi connectivity index (χ1n) is 9.69. The molecule has 0 amide bonds. The van der Waals surface area contributed by atoms with Gasteiger partial charge in [0.1, 0.15) is 4.70 Å². The van der Waals surface area contributed by atoms with Crippen LogP contribution in [-0.2, 0) is 6.18 Å². The smallest absolute Gasteiger partial charge is 0.394 e. The van der Waals surface area contributed by atoms with Crippen LogP contribution in [0.15, 0.2) is 34.2 Å². The number of fused-ring (bicyclic) bond motifs is 1. The molecule has 3 rings (SSSR count). The number of aromatic nitrogens is 3. The predicted molar refractivity (Wildman–Crippen MR) is 118 cm³/mol. The van der Waals surface area contributed by atoms with Crippen LogP contribution in [0.4, 0.5) is 19.0 Å². The Hall–Kier alpha value is -2.11. The minimum Gasteiger partial charge on any atom is -0.394 e. The lowest BCUT2D eigenvalue weighted by molar-refractivity contribution is -0.138. The molecule has 0 bridgehead atoms. The van der Waals surface area contributed by atoms with Crippen LogP contribution >= 0.6 is 23.1 Å². The second-order valence-electron chi connectivity index (χ2n) is 7.55. The van der Waals surface area contributed by atoms with Gasteiger partial charge in [0.05, 0.1) is 18.2 Å². The normalized spacial score (nSPS) is 14.2. The summed E-state index contributed by atoms with van der Waals surface area (Å²) >= 11 is 2.01. The van der Waals surface area contributed by atoms with Gasteiger partial charge in [-0.2, -0.15) is 13.2 Å². The van der Waals surface area contributed by atoms with Gasteiger partial charge in [0, 0.05) is 5.25 Å². The van der Waals surface area contributed by atoms with Gasteiger partial charge in [-0.1, -0.05) is 55.1 Å². The Kier molecular flexibility index (Phi) is 7.28. The Bertz CT molecular complexity index is 1100. The summed E-state index contributed by atoms with van der Waals surface area (Å²) in [4.78, 5) is 23.0. The van der Waals surface area contributed by atoms with Crippen molar-refractivity contribution in [2.75, 3.05) is 11.9 Å². The van der Waals surface area contributed by atoms with Crippen LogP contribution in [0.2, 0.25) is 0 Å². The van der Waals surface area contributed by atoms with Crippen LogP contribution in [0.25, 0.3) is 10.3 Å². The molecule has 0 radical (unpaired) electrons. The van der Waals surface area contributed by atoms with Crippen LogP contribution in [-0.4, -0.2) is 32.7 Å². The van der Waals surface area contributed by atoms with Gasteiger partial charge in [-0.05, 0) is 30.9 Å². The standard InChI is InChI=1S/C20H23F3N4O2S2/c1-10(2)8-12(9-28)24-16-15-17(27-19(29)31-15)26-18(25-16)30-11(3)13-6-4-5-7-14(13)20(21,22)23/h4-7,10-12,28H,8-9H2,1-3H3,(H2,24,25,26,27,29)/t11?,12-/m1/s1. The van der Waals surface area contributed by atoms with Crippen molar-refractivity contribution < 1.29 is 18.3 Å². The molecule has 3 N–H and O–H groups in total. The molecular formula is C20H23F3N4O2S2. The van der Waals surface area contributed by atoms with Crippen LogP contribution < -0.4 is 10.2 Å². The third-order valence-corrected chi connectivity index (χ3v) is 6.44. The van der Waals surface area contributed by atoms with Crippen LogP contribution in [0.3, 0.4) is 0 Å². The van der Waals surface area contributed by atoms with Gasteiger partial charge >= 0.3 is 11.0 Å². The Labute approximate surface area is 185 Å². The topological polar surface area (TPSA) is 90.9 Å². The molecule has 2 heterocycles. The summed E-state index contributed by atoms with van der Waals surface area (Å²) in [5, 5.41) is 12.5. The van der Waals surface area contributed by atoms with Crippen molar-refractivity contribution >= 4 is 39.3 Å². The Balaban J connectivity index is 1.96. The lowest BCUT2D eigenvalue weighted by Gasteiger charge is -2.20. The molecule has 0 saturated carbocycles. The maximum atomic E-state index is 13.4. The van der Waals surface area contributed by atoms with Crippen molar-refractivity contribution in [1.29, 1.82) is 0 Å². The molecule has 0 aliphatic carbocycles. The fourth-order valence-electron chi connectivity index (χ4n) is 3.25. The molecular weight excluding hydrogens is 449 g/mol. The van der Waals surface area contributed by atoms with E-state index >= 15 is 0 Å². The van der Waals surface area contributed by atoms with Gasteiger partial charge in [-0.15, -0.1) is 0 Å². The number of aliphatic hydroxyl groups excluding tert-OH is 1. The number of nitrogens with one attached hydrogen (secondary N) is 2. The fourth-order valence-corrected chi connectivity index (χ4v) is 4.91. The number of anilines is 1. The van der Waals surface area contributed by atoms with Gasteiger partial charge in [0.2, 0.25) is 0 Å². The Morgan fingerprint density at radius 3 is 2.58 bits per heavy atom. The molecule has 2 aromatic heterocycles. The maximum absolute atomic E-state index is 13.4. The first-order chi connectivity index (χ1) is 14.6. The van der Waals surface area contributed by atoms with E-state index in [0.717, 1.165) is 29.2 Å². The van der Waals surface area contributed by atoms with Crippen molar-refractivity contribution in [2.45, 2.75) is 49.8 Å². The number of rotatable bonds is 8. The van der Waals surface area contributed by atoms with Crippen LogP contribution in [0.5, 0.6) is 0 Å². The largest absolute Gasteiger partial charge is 0.416 e. The minimum absolute atomic E-state index is 0.124. The van der Waals surface area contributed by atoms with Crippen LogP contribution in [0, 0.1) is 5.92 Å². The molecule has 6 nitrogen and oxygen atoms in total. The third-order valence-electron chi connectivity index (χ3n) is 4.56. The van der Waals surface area contributed by atoms with E-state index in [4.69, 9.17) is 0 Å². The van der Waals surface area contributed by atoms with Crippen molar-refractivity contribution in [3.63, 3.8) is 0 Å². The monoisotopic (exact) mass is 472 g/mol. The molecule has 1 unspecified atom stereocenters. The van der Waals surface area contributed by atoms with Crippen molar-refractivity contribution in [2.24, 2.45) is 5.92 Å².